The topological polar surface area (TPSA) is 55.3 Å². The molecule has 3 heteroatoms. The van der Waals surface area contributed by atoms with Gasteiger partial charge in [0.15, 0.2) is 0 Å². The van der Waals surface area contributed by atoms with Crippen LogP contribution >= 0.6 is 0 Å². The van der Waals surface area contributed by atoms with Gasteiger partial charge in [0, 0.05) is 6.61 Å². The molecular formula is C6H12O3-2. The van der Waals surface area contributed by atoms with Crippen molar-refractivity contribution >= 4 is 0 Å². The molecule has 0 radical (unpaired) electrons. The Balaban J connectivity index is 3.07. The lowest BCUT2D eigenvalue weighted by Gasteiger charge is -2.43. The van der Waals surface area contributed by atoms with E-state index in [1.807, 2.05) is 6.92 Å². The molecule has 0 atom stereocenters. The summed E-state index contributed by atoms with van der Waals surface area (Å²) in [5.74, 6) is -2.45. The third-order valence-corrected chi connectivity index (χ3v) is 0.862. The minimum absolute atomic E-state index is 0.278. The molecule has 0 N–H and O–H groups in total. The summed E-state index contributed by atoms with van der Waals surface area (Å²) in [5.41, 5.74) is 0. The molecule has 3 nitrogen and oxygen atoms in total. The minimum Gasteiger partial charge on any atom is -0.842 e. The fourth-order valence-corrected chi connectivity index (χ4v) is 0.402. The third-order valence-electron chi connectivity index (χ3n) is 0.862. The van der Waals surface area contributed by atoms with Crippen LogP contribution in [0.15, 0.2) is 0 Å². The first kappa shape index (κ1) is 8.88. The average Bonchev–Trinajstić information content (AvgIpc) is 1.63. The number of rotatable bonds is 4. The van der Waals surface area contributed by atoms with Crippen LogP contribution in [0.1, 0.15) is 26.7 Å². The number of hydrogen-bond acceptors (Lipinski definition) is 3. The van der Waals surface area contributed by atoms with Crippen molar-refractivity contribution in [1.82, 2.24) is 0 Å². The highest BCUT2D eigenvalue weighted by Gasteiger charge is 1.90. The van der Waals surface area contributed by atoms with Crippen molar-refractivity contribution in [1.29, 1.82) is 0 Å². The maximum absolute atomic E-state index is 10.2. The van der Waals surface area contributed by atoms with E-state index in [1.165, 1.54) is 0 Å². The zero-order valence-corrected chi connectivity index (χ0v) is 5.85. The summed E-state index contributed by atoms with van der Waals surface area (Å²) in [6, 6.07) is 0. The molecule has 0 unspecified atom stereocenters. The first-order valence-electron chi connectivity index (χ1n) is 3.11. The second-order valence-electron chi connectivity index (χ2n) is 2.06. The van der Waals surface area contributed by atoms with Gasteiger partial charge >= 0.3 is 0 Å². The van der Waals surface area contributed by atoms with Crippen molar-refractivity contribution < 1.29 is 14.9 Å². The molecule has 0 bridgehead atoms. The summed E-state index contributed by atoms with van der Waals surface area (Å²) in [6.45, 7) is 3.22. The van der Waals surface area contributed by atoms with Crippen molar-refractivity contribution in [3.05, 3.63) is 0 Å². The van der Waals surface area contributed by atoms with Gasteiger partial charge in [0.25, 0.3) is 0 Å². The minimum atomic E-state index is -2.45. The van der Waals surface area contributed by atoms with E-state index in [0.717, 1.165) is 19.8 Å². The van der Waals surface area contributed by atoms with Crippen LogP contribution in [0.4, 0.5) is 0 Å². The smallest absolute Gasteiger partial charge is 0.0436 e. The van der Waals surface area contributed by atoms with Gasteiger partial charge in [-0.1, -0.05) is 26.2 Å². The Bertz CT molecular complexity index is 65.2. The largest absolute Gasteiger partial charge is 0.842 e. The first-order valence-corrected chi connectivity index (χ1v) is 3.11. The molecule has 0 saturated carbocycles. The van der Waals surface area contributed by atoms with Crippen LogP contribution in [0.2, 0.25) is 0 Å². The van der Waals surface area contributed by atoms with Crippen molar-refractivity contribution in [3.8, 4) is 0 Å². The van der Waals surface area contributed by atoms with Crippen molar-refractivity contribution in [2.45, 2.75) is 32.7 Å². The molecule has 0 fully saturated rings. The number of ether oxygens (including phenoxy) is 1. The normalized spacial score (nSPS) is 12.0. The highest BCUT2D eigenvalue weighted by Crippen LogP contribution is 1.93. The summed E-state index contributed by atoms with van der Waals surface area (Å²) in [7, 11) is 0. The summed E-state index contributed by atoms with van der Waals surface area (Å²) >= 11 is 0. The molecule has 0 rings (SSSR count). The SMILES string of the molecule is CCCCOC(C)([O-])[O-]. The Kier molecular flexibility index (Phi) is 3.77. The molecule has 0 aromatic heterocycles. The molecule has 0 aromatic rings. The fourth-order valence-electron chi connectivity index (χ4n) is 0.402. The van der Waals surface area contributed by atoms with Gasteiger partial charge in [-0.25, -0.2) is 0 Å². The summed E-state index contributed by atoms with van der Waals surface area (Å²) in [4.78, 5) is 0. The monoisotopic (exact) mass is 132 g/mol. The quantitative estimate of drug-likeness (QED) is 0.371. The summed E-state index contributed by atoms with van der Waals surface area (Å²) in [5, 5.41) is 20.4. The van der Waals surface area contributed by atoms with E-state index in [1.54, 1.807) is 0 Å². The van der Waals surface area contributed by atoms with Gasteiger partial charge in [0.1, 0.15) is 0 Å². The Hall–Kier alpha value is -0.120. The van der Waals surface area contributed by atoms with E-state index in [4.69, 9.17) is 0 Å². The lowest BCUT2D eigenvalue weighted by atomic mass is 10.4. The molecule has 56 valence electrons. The Morgan fingerprint density at radius 1 is 1.44 bits per heavy atom. The van der Waals surface area contributed by atoms with Crippen LogP contribution in [-0.2, 0) is 4.74 Å². The number of hydrogen-bond donors (Lipinski definition) is 0. The maximum atomic E-state index is 10.2. The predicted molar refractivity (Wildman–Crippen MR) is 29.3 cm³/mol. The predicted octanol–water partition coefficient (Wildman–Crippen LogP) is -0.803. The van der Waals surface area contributed by atoms with E-state index < -0.39 is 5.97 Å². The van der Waals surface area contributed by atoms with Crippen LogP contribution in [-0.4, -0.2) is 12.6 Å². The second-order valence-corrected chi connectivity index (χ2v) is 2.06. The lowest BCUT2D eigenvalue weighted by molar-refractivity contribution is -0.779. The molecule has 9 heavy (non-hydrogen) atoms. The highest BCUT2D eigenvalue weighted by atomic mass is 16.8. The number of unbranched alkanes of at least 4 members (excludes halogenated alkanes) is 1. The maximum Gasteiger partial charge on any atom is 0.0436 e. The van der Waals surface area contributed by atoms with Gasteiger partial charge in [-0.3, -0.25) is 0 Å². The van der Waals surface area contributed by atoms with Gasteiger partial charge in [-0.05, 0) is 6.42 Å². The molecule has 0 aliphatic rings. The van der Waals surface area contributed by atoms with Gasteiger partial charge in [-0.2, -0.15) is 0 Å². The van der Waals surface area contributed by atoms with E-state index in [9.17, 15) is 10.2 Å². The van der Waals surface area contributed by atoms with Gasteiger partial charge in [-0.15, -0.1) is 0 Å². The standard InChI is InChI=1S/C6H12O3/c1-3-4-5-9-6(2,7)8/h3-5H2,1-2H3/q-2. The van der Waals surface area contributed by atoms with Crippen LogP contribution < -0.4 is 10.2 Å². The van der Waals surface area contributed by atoms with E-state index in [-0.39, 0.29) is 6.61 Å². The van der Waals surface area contributed by atoms with Gasteiger partial charge in [0.05, 0.1) is 0 Å². The van der Waals surface area contributed by atoms with Crippen LogP contribution in [0.3, 0.4) is 0 Å². The van der Waals surface area contributed by atoms with Crippen LogP contribution in [0, 0.1) is 0 Å². The zero-order valence-electron chi connectivity index (χ0n) is 5.85. The van der Waals surface area contributed by atoms with Crippen LogP contribution in [0.5, 0.6) is 0 Å². The Labute approximate surface area is 55.3 Å². The fraction of sp³-hybridized carbons (Fsp3) is 1.00. The average molecular weight is 132 g/mol. The molecular weight excluding hydrogens is 120 g/mol. The molecule has 0 aliphatic carbocycles. The summed E-state index contributed by atoms with van der Waals surface area (Å²) < 4.78 is 4.36. The van der Waals surface area contributed by atoms with E-state index in [2.05, 4.69) is 4.74 Å². The molecule has 0 aromatic carbocycles. The van der Waals surface area contributed by atoms with Crippen molar-refractivity contribution in [3.63, 3.8) is 0 Å². The van der Waals surface area contributed by atoms with Gasteiger partial charge < -0.3 is 14.9 Å². The summed E-state index contributed by atoms with van der Waals surface area (Å²) in [6.07, 6.45) is 1.72. The highest BCUT2D eigenvalue weighted by molar-refractivity contribution is 4.34. The second kappa shape index (κ2) is 3.82. The lowest BCUT2D eigenvalue weighted by Crippen LogP contribution is -2.55. The molecule has 0 heterocycles. The molecule has 0 saturated heterocycles. The van der Waals surface area contributed by atoms with E-state index >= 15 is 0 Å². The van der Waals surface area contributed by atoms with Gasteiger partial charge in [0.2, 0.25) is 0 Å². The molecule has 0 amide bonds. The Morgan fingerprint density at radius 3 is 2.33 bits per heavy atom. The first-order chi connectivity index (χ1) is 4.06. The zero-order chi connectivity index (χ0) is 7.33. The van der Waals surface area contributed by atoms with Crippen LogP contribution in [0.25, 0.3) is 0 Å². The third kappa shape index (κ3) is 7.88. The Morgan fingerprint density at radius 2 is 2.00 bits per heavy atom. The molecule has 0 spiro atoms. The van der Waals surface area contributed by atoms with Crippen molar-refractivity contribution in [2.24, 2.45) is 0 Å². The molecule has 0 aliphatic heterocycles. The van der Waals surface area contributed by atoms with Crippen molar-refractivity contribution in [2.75, 3.05) is 6.61 Å². The van der Waals surface area contributed by atoms with E-state index in [0.29, 0.717) is 0 Å².